The van der Waals surface area contributed by atoms with Crippen LogP contribution in [0.4, 0.5) is 5.69 Å². The van der Waals surface area contributed by atoms with Crippen molar-refractivity contribution in [3.63, 3.8) is 0 Å². The molecule has 0 radical (unpaired) electrons. The van der Waals surface area contributed by atoms with Crippen molar-refractivity contribution in [3.8, 4) is 5.75 Å². The Morgan fingerprint density at radius 3 is 2.43 bits per heavy atom. The molecular weight excluding hydrogens is 473 g/mol. The predicted molar refractivity (Wildman–Crippen MR) is 115 cm³/mol. The summed E-state index contributed by atoms with van der Waals surface area (Å²) in [4.78, 5) is 27.5. The van der Waals surface area contributed by atoms with E-state index in [1.165, 1.54) is 17.7 Å². The summed E-state index contributed by atoms with van der Waals surface area (Å²) in [6.45, 7) is 3.78. The van der Waals surface area contributed by atoms with E-state index >= 15 is 0 Å². The molecule has 1 aliphatic heterocycles. The van der Waals surface area contributed by atoms with E-state index in [0.717, 1.165) is 35.4 Å². The fourth-order valence-corrected chi connectivity index (χ4v) is 3.78. The van der Waals surface area contributed by atoms with Gasteiger partial charge in [0.05, 0.1) is 17.6 Å². The quantitative estimate of drug-likeness (QED) is 0.350. The number of non-ortho nitro benzene ring substituents is 1. The van der Waals surface area contributed by atoms with Gasteiger partial charge >= 0.3 is 0 Å². The van der Waals surface area contributed by atoms with Gasteiger partial charge in [-0.25, -0.2) is 0 Å². The lowest BCUT2D eigenvalue weighted by Crippen LogP contribution is -2.49. The monoisotopic (exact) mass is 495 g/mol. The number of carbonyl (C=O) groups excluding carboxylic acids is 1. The maximum atomic E-state index is 12.8. The number of piperazine rings is 1. The minimum atomic E-state index is -0.468. The lowest BCUT2D eigenvalue weighted by atomic mass is 10.1. The molecule has 1 aliphatic rings. The van der Waals surface area contributed by atoms with Crippen LogP contribution >= 0.6 is 22.6 Å². The molecule has 7 nitrogen and oxygen atoms in total. The summed E-state index contributed by atoms with van der Waals surface area (Å²) in [7, 11) is 1.66. The summed E-state index contributed by atoms with van der Waals surface area (Å²) >= 11 is 2.05. The number of methoxy groups -OCH3 is 1. The molecule has 1 fully saturated rings. The van der Waals surface area contributed by atoms with Crippen LogP contribution in [0.25, 0.3) is 0 Å². The van der Waals surface area contributed by atoms with Gasteiger partial charge in [0.15, 0.2) is 0 Å². The first-order valence-electron chi connectivity index (χ1n) is 9.06. The molecule has 1 amide bonds. The number of nitrogens with zero attached hydrogens (tertiary/aromatic N) is 3. The van der Waals surface area contributed by atoms with Crippen molar-refractivity contribution in [3.05, 3.63) is 67.3 Å². The van der Waals surface area contributed by atoms with Crippen molar-refractivity contribution < 1.29 is 14.5 Å². The van der Waals surface area contributed by atoms with Crippen molar-refractivity contribution >= 4 is 34.2 Å². The molecule has 1 saturated heterocycles. The first-order valence-corrected chi connectivity index (χ1v) is 10.1. The summed E-state index contributed by atoms with van der Waals surface area (Å²) in [5.74, 6) is 0.717. The van der Waals surface area contributed by atoms with Crippen LogP contribution in [0.3, 0.4) is 0 Å². The first kappa shape index (κ1) is 20.5. The Balaban J connectivity index is 1.54. The maximum Gasteiger partial charge on any atom is 0.270 e. The van der Waals surface area contributed by atoms with Gasteiger partial charge in [0.1, 0.15) is 5.75 Å². The number of nitro groups is 1. The Hall–Kier alpha value is -2.20. The highest BCUT2D eigenvalue weighted by Crippen LogP contribution is 2.22. The van der Waals surface area contributed by atoms with Crippen LogP contribution < -0.4 is 4.74 Å². The Labute approximate surface area is 177 Å². The smallest absolute Gasteiger partial charge is 0.270 e. The molecule has 2 aromatic carbocycles. The first-order chi connectivity index (χ1) is 13.5. The van der Waals surface area contributed by atoms with Crippen LogP contribution in [0.5, 0.6) is 5.75 Å². The number of rotatable bonds is 6. The molecule has 0 bridgehead atoms. The van der Waals surface area contributed by atoms with Gasteiger partial charge < -0.3 is 9.64 Å². The van der Waals surface area contributed by atoms with E-state index in [1.807, 2.05) is 12.1 Å². The fourth-order valence-electron chi connectivity index (χ4n) is 3.22. The molecule has 0 aliphatic carbocycles. The van der Waals surface area contributed by atoms with Crippen LogP contribution in [0.1, 0.15) is 15.9 Å². The van der Waals surface area contributed by atoms with Crippen molar-refractivity contribution in [1.29, 1.82) is 0 Å². The topological polar surface area (TPSA) is 75.9 Å². The second-order valence-corrected chi connectivity index (χ2v) is 7.82. The van der Waals surface area contributed by atoms with Gasteiger partial charge in [0, 0.05) is 48.4 Å². The van der Waals surface area contributed by atoms with Gasteiger partial charge in [-0.05, 0) is 52.8 Å². The molecule has 2 aromatic rings. The Morgan fingerprint density at radius 2 is 1.82 bits per heavy atom. The highest BCUT2D eigenvalue weighted by Gasteiger charge is 2.24. The van der Waals surface area contributed by atoms with Crippen LogP contribution in [0.2, 0.25) is 0 Å². The zero-order chi connectivity index (χ0) is 20.1. The summed E-state index contributed by atoms with van der Waals surface area (Å²) in [6.07, 6.45) is 0.945. The largest absolute Gasteiger partial charge is 0.497 e. The SMILES string of the molecule is COc1ccc(CCN2CCN(C(=O)c3cc([N+](=O)[O-])ccc3I)CC2)cc1. The molecule has 0 unspecified atom stereocenters. The van der Waals surface area contributed by atoms with E-state index < -0.39 is 4.92 Å². The summed E-state index contributed by atoms with van der Waals surface area (Å²) in [5, 5.41) is 11.0. The average Bonchev–Trinajstić information content (AvgIpc) is 2.72. The van der Waals surface area contributed by atoms with E-state index in [2.05, 4.69) is 39.6 Å². The molecule has 0 saturated carbocycles. The standard InChI is InChI=1S/C20H22IN3O4/c1-28-17-5-2-15(3-6-17)8-9-22-10-12-23(13-11-22)20(25)18-14-16(24(26)27)4-7-19(18)21/h2-7,14H,8-13H2,1H3. The molecule has 8 heteroatoms. The van der Waals surface area contributed by atoms with E-state index in [-0.39, 0.29) is 11.6 Å². The number of halogens is 1. The fraction of sp³-hybridized carbons (Fsp3) is 0.350. The maximum absolute atomic E-state index is 12.8. The number of carbonyl (C=O) groups is 1. The van der Waals surface area contributed by atoms with Gasteiger partial charge in [0.25, 0.3) is 11.6 Å². The van der Waals surface area contributed by atoms with Crippen LogP contribution in [-0.4, -0.2) is 60.5 Å². The number of hydrogen-bond acceptors (Lipinski definition) is 5. The number of hydrogen-bond donors (Lipinski definition) is 0. The number of benzene rings is 2. The zero-order valence-corrected chi connectivity index (χ0v) is 17.8. The van der Waals surface area contributed by atoms with Crippen molar-refractivity contribution in [1.82, 2.24) is 9.80 Å². The number of nitro benzene ring substituents is 1. The molecule has 0 aromatic heterocycles. The third kappa shape index (κ3) is 4.99. The van der Waals surface area contributed by atoms with E-state index in [1.54, 1.807) is 18.1 Å². The van der Waals surface area contributed by atoms with Gasteiger partial charge in [-0.1, -0.05) is 12.1 Å². The molecule has 148 valence electrons. The lowest BCUT2D eigenvalue weighted by molar-refractivity contribution is -0.384. The van der Waals surface area contributed by atoms with Crippen molar-refractivity contribution in [2.24, 2.45) is 0 Å². The van der Waals surface area contributed by atoms with E-state index in [4.69, 9.17) is 4.74 Å². The molecular formula is C20H22IN3O4. The van der Waals surface area contributed by atoms with Gasteiger partial charge in [-0.2, -0.15) is 0 Å². The predicted octanol–water partition coefficient (Wildman–Crippen LogP) is 3.21. The van der Waals surface area contributed by atoms with Crippen molar-refractivity contribution in [2.75, 3.05) is 39.8 Å². The molecule has 0 atom stereocenters. The third-order valence-electron chi connectivity index (χ3n) is 4.93. The number of ether oxygens (including phenoxy) is 1. The highest BCUT2D eigenvalue weighted by molar-refractivity contribution is 14.1. The van der Waals surface area contributed by atoms with Gasteiger partial charge in [-0.15, -0.1) is 0 Å². The molecule has 0 spiro atoms. The summed E-state index contributed by atoms with van der Waals surface area (Å²) in [6, 6.07) is 12.5. The molecule has 28 heavy (non-hydrogen) atoms. The molecule has 0 N–H and O–H groups in total. The second kappa shape index (κ2) is 9.33. The van der Waals surface area contributed by atoms with Crippen LogP contribution in [0.15, 0.2) is 42.5 Å². The van der Waals surface area contributed by atoms with E-state index in [0.29, 0.717) is 18.7 Å². The minimum Gasteiger partial charge on any atom is -0.497 e. The molecule has 3 rings (SSSR count). The van der Waals surface area contributed by atoms with Gasteiger partial charge in [-0.3, -0.25) is 19.8 Å². The Kier molecular flexibility index (Phi) is 6.84. The summed E-state index contributed by atoms with van der Waals surface area (Å²) in [5.41, 5.74) is 1.61. The second-order valence-electron chi connectivity index (χ2n) is 6.65. The average molecular weight is 495 g/mol. The van der Waals surface area contributed by atoms with Gasteiger partial charge in [0.2, 0.25) is 0 Å². The zero-order valence-electron chi connectivity index (χ0n) is 15.6. The van der Waals surface area contributed by atoms with Crippen LogP contribution in [-0.2, 0) is 6.42 Å². The lowest BCUT2D eigenvalue weighted by Gasteiger charge is -2.35. The van der Waals surface area contributed by atoms with Crippen molar-refractivity contribution in [2.45, 2.75) is 6.42 Å². The Morgan fingerprint density at radius 1 is 1.14 bits per heavy atom. The van der Waals surface area contributed by atoms with E-state index in [9.17, 15) is 14.9 Å². The highest BCUT2D eigenvalue weighted by atomic mass is 127. The normalized spacial score (nSPS) is 14.7. The third-order valence-corrected chi connectivity index (χ3v) is 5.87. The minimum absolute atomic E-state index is 0.0538. The summed E-state index contributed by atoms with van der Waals surface area (Å²) < 4.78 is 5.91. The van der Waals surface area contributed by atoms with Crippen LogP contribution in [0, 0.1) is 13.7 Å². The molecule has 1 heterocycles. The number of amides is 1. The Bertz CT molecular complexity index is 849.